The molecule has 2 aromatic carbocycles. The lowest BCUT2D eigenvalue weighted by Gasteiger charge is -2.17. The van der Waals surface area contributed by atoms with Crippen molar-refractivity contribution >= 4 is 52.7 Å². The monoisotopic (exact) mass is 390 g/mol. The molecule has 1 fully saturated rings. The van der Waals surface area contributed by atoms with E-state index in [1.54, 1.807) is 12.1 Å². The van der Waals surface area contributed by atoms with Crippen LogP contribution in [-0.2, 0) is 4.79 Å². The van der Waals surface area contributed by atoms with Gasteiger partial charge < -0.3 is 0 Å². The molecule has 1 aliphatic carbocycles. The number of benzene rings is 2. The summed E-state index contributed by atoms with van der Waals surface area (Å²) in [4.78, 5) is 12.8. The van der Waals surface area contributed by atoms with Crippen molar-refractivity contribution in [2.45, 2.75) is 26.2 Å². The SMILES string of the molecule is Cc1cc(/C=C2\CCC/C(=C\c3ccc(Cl)c(Cl)c3)C2=O)ccc1Cl. The zero-order chi connectivity index (χ0) is 18.0. The van der Waals surface area contributed by atoms with Crippen molar-refractivity contribution in [3.8, 4) is 0 Å². The molecular formula is C21H17Cl3O. The highest BCUT2D eigenvalue weighted by Crippen LogP contribution is 2.30. The van der Waals surface area contributed by atoms with Gasteiger partial charge in [0.2, 0.25) is 0 Å². The Hall–Kier alpha value is -1.54. The maximum Gasteiger partial charge on any atom is 0.185 e. The van der Waals surface area contributed by atoms with Crippen LogP contribution < -0.4 is 0 Å². The molecular weight excluding hydrogens is 375 g/mol. The third kappa shape index (κ3) is 4.36. The van der Waals surface area contributed by atoms with E-state index in [0.29, 0.717) is 10.0 Å². The standard InChI is InChI=1S/C21H17Cl3O/c1-13-9-14(5-7-18(13)22)10-16-3-2-4-17(21(16)25)11-15-6-8-19(23)20(24)12-15/h5-12H,2-4H2,1H3/b16-10+,17-11+. The Bertz CT molecular complexity index is 823. The normalized spacial score (nSPS) is 18.2. The molecule has 1 saturated carbocycles. The van der Waals surface area contributed by atoms with Gasteiger partial charge in [0.25, 0.3) is 0 Å². The van der Waals surface area contributed by atoms with E-state index >= 15 is 0 Å². The lowest BCUT2D eigenvalue weighted by molar-refractivity contribution is -0.112. The molecule has 0 atom stereocenters. The Morgan fingerprint density at radius 2 is 1.36 bits per heavy atom. The Labute approximate surface area is 162 Å². The van der Waals surface area contributed by atoms with Gasteiger partial charge >= 0.3 is 0 Å². The number of carbonyl (C=O) groups excluding carboxylic acids is 1. The topological polar surface area (TPSA) is 17.1 Å². The van der Waals surface area contributed by atoms with E-state index in [1.807, 2.05) is 43.3 Å². The van der Waals surface area contributed by atoms with Gasteiger partial charge in [0.05, 0.1) is 10.0 Å². The fraction of sp³-hybridized carbons (Fsp3) is 0.190. The summed E-state index contributed by atoms with van der Waals surface area (Å²) >= 11 is 18.1. The molecule has 0 N–H and O–H groups in total. The molecule has 1 nitrogen and oxygen atoms in total. The smallest absolute Gasteiger partial charge is 0.185 e. The molecule has 4 heteroatoms. The first-order valence-corrected chi connectivity index (χ1v) is 9.24. The summed E-state index contributed by atoms with van der Waals surface area (Å²) in [5, 5.41) is 1.74. The average molecular weight is 392 g/mol. The van der Waals surface area contributed by atoms with Gasteiger partial charge in [0.15, 0.2) is 5.78 Å². The van der Waals surface area contributed by atoms with E-state index in [-0.39, 0.29) is 5.78 Å². The van der Waals surface area contributed by atoms with Crippen LogP contribution in [0.25, 0.3) is 12.2 Å². The Morgan fingerprint density at radius 1 is 0.800 bits per heavy atom. The summed E-state index contributed by atoms with van der Waals surface area (Å²) in [7, 11) is 0. The molecule has 0 bridgehead atoms. The molecule has 128 valence electrons. The quantitative estimate of drug-likeness (QED) is 0.496. The molecule has 2 aromatic rings. The van der Waals surface area contributed by atoms with E-state index in [9.17, 15) is 4.79 Å². The molecule has 1 aliphatic rings. The molecule has 0 aliphatic heterocycles. The minimum atomic E-state index is 0.102. The van der Waals surface area contributed by atoms with Crippen LogP contribution in [0.3, 0.4) is 0 Å². The predicted octanol–water partition coefficient (Wildman–Crippen LogP) is 7.18. The van der Waals surface area contributed by atoms with Crippen molar-refractivity contribution in [1.29, 1.82) is 0 Å². The maximum atomic E-state index is 12.8. The first kappa shape index (κ1) is 18.3. The number of hydrogen-bond donors (Lipinski definition) is 0. The Morgan fingerprint density at radius 3 is 1.92 bits per heavy atom. The number of ketones is 1. The lowest BCUT2D eigenvalue weighted by Crippen LogP contribution is -2.12. The molecule has 0 amide bonds. The van der Waals surface area contributed by atoms with Gasteiger partial charge in [0.1, 0.15) is 0 Å². The second-order valence-corrected chi connectivity index (χ2v) is 7.43. The zero-order valence-corrected chi connectivity index (χ0v) is 16.1. The predicted molar refractivity (Wildman–Crippen MR) is 107 cm³/mol. The highest BCUT2D eigenvalue weighted by molar-refractivity contribution is 6.42. The molecule has 0 spiro atoms. The molecule has 3 rings (SSSR count). The van der Waals surface area contributed by atoms with Gasteiger partial charge in [-0.15, -0.1) is 0 Å². The number of allylic oxidation sites excluding steroid dienone is 2. The minimum absolute atomic E-state index is 0.102. The number of halogens is 3. The van der Waals surface area contributed by atoms with E-state index in [2.05, 4.69) is 0 Å². The van der Waals surface area contributed by atoms with Crippen LogP contribution in [0.5, 0.6) is 0 Å². The van der Waals surface area contributed by atoms with E-state index in [1.165, 1.54) is 0 Å². The average Bonchev–Trinajstić information content (AvgIpc) is 2.58. The summed E-state index contributed by atoms with van der Waals surface area (Å²) in [5.41, 5.74) is 4.54. The second-order valence-electron chi connectivity index (χ2n) is 6.20. The highest BCUT2D eigenvalue weighted by atomic mass is 35.5. The molecule has 0 aromatic heterocycles. The fourth-order valence-electron chi connectivity index (χ4n) is 2.94. The summed E-state index contributed by atoms with van der Waals surface area (Å²) in [6.07, 6.45) is 6.39. The number of carbonyl (C=O) groups is 1. The van der Waals surface area contributed by atoms with Crippen LogP contribution in [-0.4, -0.2) is 5.78 Å². The van der Waals surface area contributed by atoms with E-state index in [0.717, 1.165) is 52.1 Å². The summed E-state index contributed by atoms with van der Waals surface area (Å²) < 4.78 is 0. The van der Waals surface area contributed by atoms with Gasteiger partial charge in [-0.05, 0) is 73.2 Å². The molecule has 0 heterocycles. The molecule has 0 saturated heterocycles. The van der Waals surface area contributed by atoms with Crippen molar-refractivity contribution in [2.75, 3.05) is 0 Å². The van der Waals surface area contributed by atoms with Crippen LogP contribution in [0, 0.1) is 6.92 Å². The van der Waals surface area contributed by atoms with Crippen molar-refractivity contribution < 1.29 is 4.79 Å². The van der Waals surface area contributed by atoms with Crippen molar-refractivity contribution in [1.82, 2.24) is 0 Å². The van der Waals surface area contributed by atoms with Crippen molar-refractivity contribution in [3.05, 3.63) is 79.3 Å². The first-order valence-electron chi connectivity index (χ1n) is 8.11. The Kier molecular flexibility index (Phi) is 5.68. The summed E-state index contributed by atoms with van der Waals surface area (Å²) in [6, 6.07) is 11.2. The number of rotatable bonds is 2. The van der Waals surface area contributed by atoms with Gasteiger partial charge in [-0.2, -0.15) is 0 Å². The van der Waals surface area contributed by atoms with E-state index < -0.39 is 0 Å². The van der Waals surface area contributed by atoms with Gasteiger partial charge in [0, 0.05) is 16.2 Å². The van der Waals surface area contributed by atoms with Crippen LogP contribution in [0.4, 0.5) is 0 Å². The largest absolute Gasteiger partial charge is 0.289 e. The van der Waals surface area contributed by atoms with Crippen molar-refractivity contribution in [3.63, 3.8) is 0 Å². The lowest BCUT2D eigenvalue weighted by atomic mass is 9.87. The summed E-state index contributed by atoms with van der Waals surface area (Å²) in [6.45, 7) is 1.96. The molecule has 25 heavy (non-hydrogen) atoms. The van der Waals surface area contributed by atoms with Gasteiger partial charge in [-0.25, -0.2) is 0 Å². The number of Topliss-reactive ketones (excluding diaryl/α,β-unsaturated/α-hetero) is 1. The molecule has 0 radical (unpaired) electrons. The van der Waals surface area contributed by atoms with Crippen LogP contribution in [0.1, 0.15) is 36.0 Å². The number of hydrogen-bond acceptors (Lipinski definition) is 1. The van der Waals surface area contributed by atoms with Crippen LogP contribution in [0.2, 0.25) is 15.1 Å². The van der Waals surface area contributed by atoms with Crippen molar-refractivity contribution in [2.24, 2.45) is 0 Å². The maximum absolute atomic E-state index is 12.8. The zero-order valence-electron chi connectivity index (χ0n) is 13.8. The van der Waals surface area contributed by atoms with Gasteiger partial charge in [-0.3, -0.25) is 4.79 Å². The highest BCUT2D eigenvalue weighted by Gasteiger charge is 2.20. The van der Waals surface area contributed by atoms with Gasteiger partial charge in [-0.1, -0.05) is 53.0 Å². The third-order valence-corrected chi connectivity index (χ3v) is 5.45. The van der Waals surface area contributed by atoms with E-state index in [4.69, 9.17) is 34.8 Å². The Balaban J connectivity index is 1.89. The fourth-order valence-corrected chi connectivity index (χ4v) is 3.36. The van der Waals surface area contributed by atoms with Crippen LogP contribution >= 0.6 is 34.8 Å². The number of aryl methyl sites for hydroxylation is 1. The molecule has 0 unspecified atom stereocenters. The minimum Gasteiger partial charge on any atom is -0.289 e. The first-order chi connectivity index (χ1) is 11.9. The summed E-state index contributed by atoms with van der Waals surface area (Å²) in [5.74, 6) is 0.102. The second kappa shape index (κ2) is 7.78. The third-order valence-electron chi connectivity index (χ3n) is 4.28. The van der Waals surface area contributed by atoms with Crippen LogP contribution in [0.15, 0.2) is 47.5 Å².